The van der Waals surface area contributed by atoms with Crippen molar-refractivity contribution in [1.29, 1.82) is 5.26 Å². The van der Waals surface area contributed by atoms with E-state index in [1.165, 1.54) is 0 Å². The zero-order valence-electron chi connectivity index (χ0n) is 13.8. The van der Waals surface area contributed by atoms with Gasteiger partial charge in [-0.15, -0.1) is 0 Å². The molecule has 1 aliphatic rings. The zero-order valence-corrected chi connectivity index (χ0v) is 14.6. The van der Waals surface area contributed by atoms with Gasteiger partial charge in [0.2, 0.25) is 5.91 Å². The summed E-state index contributed by atoms with van der Waals surface area (Å²) in [6.07, 6.45) is 1.78. The van der Waals surface area contributed by atoms with Gasteiger partial charge in [-0.05, 0) is 30.5 Å². The molecule has 1 aliphatic heterocycles. The summed E-state index contributed by atoms with van der Waals surface area (Å²) in [5, 5.41) is 10.2. The van der Waals surface area contributed by atoms with Crippen LogP contribution in [0.3, 0.4) is 0 Å². The van der Waals surface area contributed by atoms with E-state index >= 15 is 0 Å². The molecule has 1 saturated heterocycles. The first kappa shape index (κ1) is 17.8. The Labute approximate surface area is 143 Å². The largest absolute Gasteiger partial charge is 0.340 e. The minimum Gasteiger partial charge on any atom is -0.340 e. The molecule has 23 heavy (non-hydrogen) atoms. The summed E-state index contributed by atoms with van der Waals surface area (Å²) in [5.41, 5.74) is 0.916. The van der Waals surface area contributed by atoms with Crippen LogP contribution in [-0.2, 0) is 4.79 Å². The predicted molar refractivity (Wildman–Crippen MR) is 92.0 cm³/mol. The van der Waals surface area contributed by atoms with Gasteiger partial charge in [-0.3, -0.25) is 9.69 Å². The van der Waals surface area contributed by atoms with Crippen LogP contribution in [-0.4, -0.2) is 41.9 Å². The molecule has 0 bridgehead atoms. The number of amides is 1. The van der Waals surface area contributed by atoms with Crippen LogP contribution >= 0.6 is 11.6 Å². The lowest BCUT2D eigenvalue weighted by Gasteiger charge is -2.38. The van der Waals surface area contributed by atoms with E-state index in [2.05, 4.69) is 24.8 Å². The molecule has 1 amide bonds. The summed E-state index contributed by atoms with van der Waals surface area (Å²) >= 11 is 6.04. The summed E-state index contributed by atoms with van der Waals surface area (Å²) in [5.74, 6) is 0.382. The molecular weight excluding hydrogens is 310 g/mol. The summed E-state index contributed by atoms with van der Waals surface area (Å²) in [6.45, 7) is 6.94. The van der Waals surface area contributed by atoms with Gasteiger partial charge in [0.1, 0.15) is 6.04 Å². The lowest BCUT2D eigenvalue weighted by Crippen LogP contribution is -2.50. The maximum absolute atomic E-state index is 12.4. The van der Waals surface area contributed by atoms with E-state index in [0.29, 0.717) is 18.1 Å². The molecule has 4 nitrogen and oxygen atoms in total. The van der Waals surface area contributed by atoms with Crippen molar-refractivity contribution in [3.05, 3.63) is 34.9 Å². The lowest BCUT2D eigenvalue weighted by atomic mass is 10.0. The van der Waals surface area contributed by atoms with E-state index in [4.69, 9.17) is 11.6 Å². The Bertz CT molecular complexity index is 572. The van der Waals surface area contributed by atoms with Crippen LogP contribution in [0.5, 0.6) is 0 Å². The molecule has 1 aromatic carbocycles. The molecule has 0 saturated carbocycles. The topological polar surface area (TPSA) is 47.3 Å². The van der Waals surface area contributed by atoms with Crippen LogP contribution in [0.25, 0.3) is 0 Å². The van der Waals surface area contributed by atoms with Gasteiger partial charge in [-0.1, -0.05) is 37.6 Å². The Hall–Kier alpha value is -1.57. The van der Waals surface area contributed by atoms with E-state index in [-0.39, 0.29) is 17.9 Å². The van der Waals surface area contributed by atoms with Crippen LogP contribution in [0.15, 0.2) is 24.3 Å². The van der Waals surface area contributed by atoms with E-state index in [1.54, 1.807) is 0 Å². The second-order valence-corrected chi connectivity index (χ2v) is 6.40. The molecule has 0 N–H and O–H groups in total. The van der Waals surface area contributed by atoms with Crippen molar-refractivity contribution in [2.75, 3.05) is 26.2 Å². The Balaban J connectivity index is 2.00. The number of carbonyl (C=O) groups excluding carboxylic acids is 1. The first-order valence-corrected chi connectivity index (χ1v) is 8.66. The number of nitrogens with zero attached hydrogens (tertiary/aromatic N) is 3. The molecule has 5 heteroatoms. The van der Waals surface area contributed by atoms with Crippen molar-refractivity contribution in [2.45, 2.75) is 32.7 Å². The number of nitriles is 1. The molecular formula is C18H24ClN3O. The van der Waals surface area contributed by atoms with Gasteiger partial charge in [0.05, 0.1) is 6.07 Å². The number of benzene rings is 1. The number of piperazine rings is 1. The summed E-state index contributed by atoms with van der Waals surface area (Å²) < 4.78 is 0. The standard InChI is InChI=1S/C18H24ClN3O/c1-3-14(4-2)18(23)22-10-8-21(9-11-22)17(13-20)15-6-5-7-16(19)12-15/h5-7,12,14,17H,3-4,8-11H2,1-2H3. The number of hydrogen-bond donors (Lipinski definition) is 0. The Morgan fingerprint density at radius 1 is 1.26 bits per heavy atom. The smallest absolute Gasteiger partial charge is 0.225 e. The van der Waals surface area contributed by atoms with Gasteiger partial charge in [0.25, 0.3) is 0 Å². The highest BCUT2D eigenvalue weighted by Crippen LogP contribution is 2.24. The van der Waals surface area contributed by atoms with Crippen molar-refractivity contribution in [2.24, 2.45) is 5.92 Å². The van der Waals surface area contributed by atoms with Crippen molar-refractivity contribution in [3.63, 3.8) is 0 Å². The number of hydrogen-bond acceptors (Lipinski definition) is 3. The van der Waals surface area contributed by atoms with Crippen molar-refractivity contribution >= 4 is 17.5 Å². The normalized spacial score (nSPS) is 17.1. The fraction of sp³-hybridized carbons (Fsp3) is 0.556. The Morgan fingerprint density at radius 3 is 2.43 bits per heavy atom. The van der Waals surface area contributed by atoms with E-state index < -0.39 is 0 Å². The maximum atomic E-state index is 12.4. The first-order chi connectivity index (χ1) is 11.1. The molecule has 1 heterocycles. The average Bonchev–Trinajstić information content (AvgIpc) is 2.57. The van der Waals surface area contributed by atoms with Gasteiger partial charge in [-0.2, -0.15) is 5.26 Å². The third kappa shape index (κ3) is 4.25. The second-order valence-electron chi connectivity index (χ2n) is 5.96. The first-order valence-electron chi connectivity index (χ1n) is 8.28. The van der Waals surface area contributed by atoms with Crippen LogP contribution in [0.4, 0.5) is 0 Å². The highest BCUT2D eigenvalue weighted by molar-refractivity contribution is 6.30. The van der Waals surface area contributed by atoms with Crippen LogP contribution in [0.2, 0.25) is 5.02 Å². The minimum absolute atomic E-state index is 0.126. The number of carbonyl (C=O) groups is 1. The third-order valence-corrected chi connectivity index (χ3v) is 4.85. The zero-order chi connectivity index (χ0) is 16.8. The summed E-state index contributed by atoms with van der Waals surface area (Å²) in [4.78, 5) is 16.5. The van der Waals surface area contributed by atoms with Gasteiger partial charge in [0.15, 0.2) is 0 Å². The molecule has 1 atom stereocenters. The molecule has 2 rings (SSSR count). The predicted octanol–water partition coefficient (Wildman–Crippen LogP) is 3.49. The highest BCUT2D eigenvalue weighted by atomic mass is 35.5. The Kier molecular flexibility index (Phi) is 6.44. The molecule has 1 unspecified atom stereocenters. The van der Waals surface area contributed by atoms with Crippen LogP contribution < -0.4 is 0 Å². The maximum Gasteiger partial charge on any atom is 0.225 e. The van der Waals surface area contributed by atoms with E-state index in [0.717, 1.165) is 31.5 Å². The fourth-order valence-electron chi connectivity index (χ4n) is 3.14. The molecule has 0 aliphatic carbocycles. The van der Waals surface area contributed by atoms with E-state index in [9.17, 15) is 10.1 Å². The van der Waals surface area contributed by atoms with E-state index in [1.807, 2.05) is 29.2 Å². The van der Waals surface area contributed by atoms with Gasteiger partial charge in [-0.25, -0.2) is 0 Å². The van der Waals surface area contributed by atoms with Crippen LogP contribution in [0.1, 0.15) is 38.3 Å². The van der Waals surface area contributed by atoms with Crippen LogP contribution in [0, 0.1) is 17.2 Å². The highest BCUT2D eigenvalue weighted by Gasteiger charge is 2.29. The average molecular weight is 334 g/mol. The molecule has 0 spiro atoms. The second kappa shape index (κ2) is 8.33. The van der Waals surface area contributed by atoms with Gasteiger partial charge >= 0.3 is 0 Å². The lowest BCUT2D eigenvalue weighted by molar-refractivity contribution is -0.137. The number of halogens is 1. The molecule has 0 radical (unpaired) electrons. The van der Waals surface area contributed by atoms with Gasteiger partial charge < -0.3 is 4.90 Å². The molecule has 1 aromatic rings. The van der Waals surface area contributed by atoms with Crippen molar-refractivity contribution in [1.82, 2.24) is 9.80 Å². The SMILES string of the molecule is CCC(CC)C(=O)N1CCN(C(C#N)c2cccc(Cl)c2)CC1. The van der Waals surface area contributed by atoms with Crippen molar-refractivity contribution < 1.29 is 4.79 Å². The van der Waals surface area contributed by atoms with Crippen molar-refractivity contribution in [3.8, 4) is 6.07 Å². The quantitative estimate of drug-likeness (QED) is 0.828. The summed E-state index contributed by atoms with van der Waals surface area (Å²) in [6, 6.07) is 9.52. The molecule has 1 fully saturated rings. The number of rotatable bonds is 5. The fourth-order valence-corrected chi connectivity index (χ4v) is 3.34. The van der Waals surface area contributed by atoms with Gasteiger partial charge in [0, 0.05) is 37.1 Å². The molecule has 124 valence electrons. The summed E-state index contributed by atoms with van der Waals surface area (Å²) in [7, 11) is 0. The Morgan fingerprint density at radius 2 is 1.91 bits per heavy atom. The monoisotopic (exact) mass is 333 g/mol. The molecule has 0 aromatic heterocycles. The third-order valence-electron chi connectivity index (χ3n) is 4.61. The minimum atomic E-state index is -0.306.